The normalized spacial score (nSPS) is 18.5. The van der Waals surface area contributed by atoms with Crippen molar-refractivity contribution in [3.8, 4) is 5.75 Å². The number of hydrogen-bond donors (Lipinski definition) is 2. The van der Waals surface area contributed by atoms with Crippen LogP contribution in [0.2, 0.25) is 0 Å². The van der Waals surface area contributed by atoms with Crippen molar-refractivity contribution >= 4 is 17.3 Å². The molecule has 0 fully saturated rings. The third-order valence-corrected chi connectivity index (χ3v) is 3.90. The Kier molecular flexibility index (Phi) is 3.65. The number of methoxy groups -OCH3 is 1. The number of carbonyl (C=O) groups excluding carboxylic acids is 1. The number of nitrogens with one attached hydrogen (secondary N) is 1. The van der Waals surface area contributed by atoms with E-state index in [1.807, 2.05) is 49.4 Å². The number of nitrogens with zero attached hydrogens (tertiary/aromatic N) is 1. The molecule has 0 spiro atoms. The van der Waals surface area contributed by atoms with Crippen LogP contribution in [0.15, 0.2) is 47.6 Å². The molecular weight excluding hydrogens is 280 g/mol. The Hall–Kier alpha value is -2.66. The van der Waals surface area contributed by atoms with Crippen molar-refractivity contribution in [2.45, 2.75) is 13.5 Å². The molecule has 0 bridgehead atoms. The van der Waals surface area contributed by atoms with Crippen LogP contribution in [0.4, 0.5) is 5.69 Å². The van der Waals surface area contributed by atoms with Crippen LogP contribution in [0.1, 0.15) is 16.7 Å². The summed E-state index contributed by atoms with van der Waals surface area (Å²) in [6.07, 6.45) is 0. The lowest BCUT2D eigenvalue weighted by atomic mass is 10.1. The average molecular weight is 297 g/mol. The average Bonchev–Trinajstić information content (AvgIpc) is 2.79. The topological polar surface area (TPSA) is 63.3 Å². The molecule has 0 saturated heterocycles. The molecule has 5 nitrogen and oxygen atoms in total. The van der Waals surface area contributed by atoms with Gasteiger partial charge < -0.3 is 9.94 Å². The van der Waals surface area contributed by atoms with E-state index in [-0.39, 0.29) is 11.6 Å². The molecule has 0 saturated carbocycles. The van der Waals surface area contributed by atoms with Crippen LogP contribution in [0.3, 0.4) is 0 Å². The van der Waals surface area contributed by atoms with Gasteiger partial charge in [-0.15, -0.1) is 0 Å². The molecule has 22 heavy (non-hydrogen) atoms. The molecule has 2 aromatic carbocycles. The van der Waals surface area contributed by atoms with Gasteiger partial charge in [0.05, 0.1) is 12.7 Å². The summed E-state index contributed by atoms with van der Waals surface area (Å²) < 4.78 is 5.35. The zero-order valence-electron chi connectivity index (χ0n) is 12.5. The zero-order chi connectivity index (χ0) is 15.7. The van der Waals surface area contributed by atoms with Gasteiger partial charge in [-0.05, 0) is 30.7 Å². The first kappa shape index (κ1) is 14.3. The molecular formula is C17H17N2O3+. The Labute approximate surface area is 128 Å². The molecule has 1 atom stereocenters. The monoisotopic (exact) mass is 297 g/mol. The molecule has 1 aliphatic heterocycles. The van der Waals surface area contributed by atoms with E-state index in [1.54, 1.807) is 7.11 Å². The largest absolute Gasteiger partial charge is 0.496 e. The molecule has 3 rings (SSSR count). The van der Waals surface area contributed by atoms with Gasteiger partial charge in [0.15, 0.2) is 0 Å². The summed E-state index contributed by atoms with van der Waals surface area (Å²) in [6.45, 7) is 2.38. The molecule has 112 valence electrons. The van der Waals surface area contributed by atoms with Crippen LogP contribution < -0.4 is 9.64 Å². The van der Waals surface area contributed by atoms with Gasteiger partial charge in [0.2, 0.25) is 5.71 Å². The van der Waals surface area contributed by atoms with E-state index >= 15 is 0 Å². The Morgan fingerprint density at radius 3 is 2.73 bits per heavy atom. The van der Waals surface area contributed by atoms with E-state index in [2.05, 4.69) is 5.16 Å². The van der Waals surface area contributed by atoms with E-state index in [9.17, 15) is 10.0 Å². The summed E-state index contributed by atoms with van der Waals surface area (Å²) in [5.74, 6) is 0.514. The second-order valence-corrected chi connectivity index (χ2v) is 5.29. The van der Waals surface area contributed by atoms with Crippen molar-refractivity contribution < 1.29 is 19.6 Å². The number of aryl methyl sites for hydroxylation is 1. The predicted octanol–water partition coefficient (Wildman–Crippen LogP) is 1.44. The maximum atomic E-state index is 12.5. The first-order valence-corrected chi connectivity index (χ1v) is 7.01. The summed E-state index contributed by atoms with van der Waals surface area (Å²) in [6, 6.07) is 13.3. The molecule has 1 amide bonds. The molecule has 0 aliphatic carbocycles. The molecule has 0 aromatic heterocycles. The zero-order valence-corrected chi connectivity index (χ0v) is 12.5. The van der Waals surface area contributed by atoms with Gasteiger partial charge in [0.1, 0.15) is 18.0 Å². The quantitative estimate of drug-likeness (QED) is 0.665. The predicted molar refractivity (Wildman–Crippen MR) is 81.8 cm³/mol. The minimum absolute atomic E-state index is 0.114. The highest BCUT2D eigenvalue weighted by molar-refractivity contribution is 6.45. The maximum absolute atomic E-state index is 12.5. The van der Waals surface area contributed by atoms with Gasteiger partial charge in [0.25, 0.3) is 0 Å². The van der Waals surface area contributed by atoms with E-state index in [0.29, 0.717) is 17.0 Å². The fourth-order valence-electron chi connectivity index (χ4n) is 2.82. The Morgan fingerprint density at radius 1 is 1.23 bits per heavy atom. The number of quaternary nitrogens is 1. The van der Waals surface area contributed by atoms with Crippen molar-refractivity contribution in [2.24, 2.45) is 5.16 Å². The number of fused-ring (bicyclic) bond motifs is 1. The first-order valence-electron chi connectivity index (χ1n) is 7.01. The minimum atomic E-state index is -0.228. The Morgan fingerprint density at radius 2 is 2.00 bits per heavy atom. The van der Waals surface area contributed by atoms with E-state index in [1.165, 1.54) is 0 Å². The van der Waals surface area contributed by atoms with Gasteiger partial charge in [0, 0.05) is 11.6 Å². The molecule has 2 aromatic rings. The van der Waals surface area contributed by atoms with Gasteiger partial charge in [-0.1, -0.05) is 23.4 Å². The number of amides is 1. The highest BCUT2D eigenvalue weighted by Crippen LogP contribution is 2.22. The Balaban J connectivity index is 2.04. The second kappa shape index (κ2) is 5.61. The lowest BCUT2D eigenvalue weighted by Crippen LogP contribution is -3.07. The lowest BCUT2D eigenvalue weighted by Gasteiger charge is -2.13. The molecule has 1 heterocycles. The number of rotatable bonds is 3. The molecule has 1 unspecified atom stereocenters. The van der Waals surface area contributed by atoms with Crippen molar-refractivity contribution in [2.75, 3.05) is 7.11 Å². The first-order chi connectivity index (χ1) is 10.7. The third kappa shape index (κ3) is 2.25. The summed E-state index contributed by atoms with van der Waals surface area (Å²) in [5, 5.41) is 12.4. The van der Waals surface area contributed by atoms with Crippen LogP contribution >= 0.6 is 0 Å². The van der Waals surface area contributed by atoms with Crippen molar-refractivity contribution in [1.29, 1.82) is 0 Å². The van der Waals surface area contributed by atoms with Gasteiger partial charge in [-0.3, -0.25) is 0 Å². The highest BCUT2D eigenvalue weighted by atomic mass is 16.5. The van der Waals surface area contributed by atoms with E-state index in [0.717, 1.165) is 22.6 Å². The number of benzene rings is 2. The number of ether oxygens (including phenoxy) is 1. The standard InChI is InChI=1S/C17H16N2O3/c1-11-7-8-14-13(9-11)16(18-21)17(20)19(14)10-12-5-3-4-6-15(12)22-2/h3-9,21H,10H2,1-2H3/p+1. The number of carbonyl (C=O) groups is 1. The fraction of sp³-hybridized carbons (Fsp3) is 0.176. The van der Waals surface area contributed by atoms with Gasteiger partial charge in [-0.25, -0.2) is 9.69 Å². The lowest BCUT2D eigenvalue weighted by molar-refractivity contribution is -0.757. The van der Waals surface area contributed by atoms with E-state index < -0.39 is 0 Å². The highest BCUT2D eigenvalue weighted by Gasteiger charge is 2.41. The van der Waals surface area contributed by atoms with Crippen LogP contribution in [0, 0.1) is 6.92 Å². The van der Waals surface area contributed by atoms with Gasteiger partial charge >= 0.3 is 5.91 Å². The fourth-order valence-corrected chi connectivity index (χ4v) is 2.82. The van der Waals surface area contributed by atoms with Crippen molar-refractivity contribution in [1.82, 2.24) is 0 Å². The van der Waals surface area contributed by atoms with Crippen LogP contribution in [0.25, 0.3) is 0 Å². The molecule has 2 N–H and O–H groups in total. The number of oxime groups is 1. The third-order valence-electron chi connectivity index (χ3n) is 3.90. The van der Waals surface area contributed by atoms with E-state index in [4.69, 9.17) is 4.74 Å². The second-order valence-electron chi connectivity index (χ2n) is 5.29. The van der Waals surface area contributed by atoms with Crippen molar-refractivity contribution in [3.05, 3.63) is 59.2 Å². The van der Waals surface area contributed by atoms with Crippen molar-refractivity contribution in [3.63, 3.8) is 0 Å². The number of para-hydroxylation sites is 1. The molecule has 5 heteroatoms. The SMILES string of the molecule is COc1ccccc1C[NH+]1C(=O)C(=NO)c2cc(C)ccc21. The summed E-state index contributed by atoms with van der Waals surface area (Å²) in [4.78, 5) is 13.2. The van der Waals surface area contributed by atoms with Crippen LogP contribution in [-0.2, 0) is 11.3 Å². The summed E-state index contributed by atoms with van der Waals surface area (Å²) in [5.41, 5.74) is 3.58. The van der Waals surface area contributed by atoms with Crippen LogP contribution in [0.5, 0.6) is 5.75 Å². The van der Waals surface area contributed by atoms with Crippen LogP contribution in [-0.4, -0.2) is 23.9 Å². The molecule has 1 aliphatic rings. The summed E-state index contributed by atoms with van der Waals surface area (Å²) in [7, 11) is 1.61. The molecule has 0 radical (unpaired) electrons. The smallest absolute Gasteiger partial charge is 0.372 e. The maximum Gasteiger partial charge on any atom is 0.372 e. The van der Waals surface area contributed by atoms with Gasteiger partial charge in [-0.2, -0.15) is 0 Å². The Bertz CT molecular complexity index is 768. The number of hydrogen-bond acceptors (Lipinski definition) is 4. The minimum Gasteiger partial charge on any atom is -0.496 e. The summed E-state index contributed by atoms with van der Waals surface area (Å²) >= 11 is 0.